The normalized spacial score (nSPS) is 17.2. The minimum Gasteiger partial charge on any atom is -0.341 e. The first-order valence-corrected chi connectivity index (χ1v) is 8.14. The van der Waals surface area contributed by atoms with Crippen LogP contribution in [0.15, 0.2) is 18.2 Å². The maximum absolute atomic E-state index is 13.6. The number of nitrogens with one attached hydrogen (secondary N) is 2. The van der Waals surface area contributed by atoms with Gasteiger partial charge in [0, 0.05) is 42.7 Å². The van der Waals surface area contributed by atoms with Crippen LogP contribution in [0.5, 0.6) is 0 Å². The lowest BCUT2D eigenvalue weighted by Crippen LogP contribution is -2.44. The Bertz CT molecular complexity index is 562. The lowest BCUT2D eigenvalue weighted by atomic mass is 10.1. The van der Waals surface area contributed by atoms with Gasteiger partial charge < -0.3 is 15.5 Å². The first-order valence-electron chi connectivity index (χ1n) is 7.76. The number of amides is 3. The zero-order valence-corrected chi connectivity index (χ0v) is 13.8. The SMILES string of the molecule is CCC(=O)N1CCC(NC(=O)NCCc2c(F)cccc2Cl)C1. The number of carbonyl (C=O) groups is 2. The van der Waals surface area contributed by atoms with Crippen LogP contribution >= 0.6 is 11.6 Å². The van der Waals surface area contributed by atoms with Gasteiger partial charge in [-0.15, -0.1) is 0 Å². The molecule has 1 aliphatic rings. The van der Waals surface area contributed by atoms with Gasteiger partial charge >= 0.3 is 6.03 Å². The van der Waals surface area contributed by atoms with Crippen LogP contribution in [0.2, 0.25) is 5.02 Å². The molecule has 126 valence electrons. The van der Waals surface area contributed by atoms with Crippen LogP contribution < -0.4 is 10.6 Å². The predicted octanol–water partition coefficient (Wildman–Crippen LogP) is 2.33. The third kappa shape index (κ3) is 4.82. The summed E-state index contributed by atoms with van der Waals surface area (Å²) < 4.78 is 13.6. The summed E-state index contributed by atoms with van der Waals surface area (Å²) >= 11 is 5.94. The van der Waals surface area contributed by atoms with Gasteiger partial charge in [0.2, 0.25) is 5.91 Å². The minimum absolute atomic E-state index is 0.0393. The minimum atomic E-state index is -0.371. The molecule has 0 saturated carbocycles. The fourth-order valence-corrected chi connectivity index (χ4v) is 2.89. The molecule has 0 aromatic heterocycles. The van der Waals surface area contributed by atoms with Crippen molar-refractivity contribution >= 4 is 23.5 Å². The maximum Gasteiger partial charge on any atom is 0.315 e. The number of hydrogen-bond acceptors (Lipinski definition) is 2. The van der Waals surface area contributed by atoms with Crippen molar-refractivity contribution in [1.29, 1.82) is 0 Å². The summed E-state index contributed by atoms with van der Waals surface area (Å²) in [6.45, 7) is 3.32. The van der Waals surface area contributed by atoms with Crippen molar-refractivity contribution in [2.45, 2.75) is 32.2 Å². The van der Waals surface area contributed by atoms with Crippen molar-refractivity contribution < 1.29 is 14.0 Å². The van der Waals surface area contributed by atoms with Crippen LogP contribution in [-0.4, -0.2) is 42.5 Å². The number of nitrogens with zero attached hydrogens (tertiary/aromatic N) is 1. The van der Waals surface area contributed by atoms with E-state index in [0.717, 1.165) is 6.42 Å². The standard InChI is InChI=1S/C16H21ClFN3O2/c1-2-15(22)21-9-7-11(10-21)20-16(23)19-8-6-12-13(17)4-3-5-14(12)18/h3-5,11H,2,6-10H2,1H3,(H2,19,20,23). The summed E-state index contributed by atoms with van der Waals surface area (Å²) in [6, 6.07) is 4.16. The molecule has 0 aliphatic carbocycles. The largest absolute Gasteiger partial charge is 0.341 e. The third-order valence-corrected chi connectivity index (χ3v) is 4.25. The molecule has 1 saturated heterocycles. The molecule has 2 rings (SSSR count). The Hall–Kier alpha value is -1.82. The molecule has 1 unspecified atom stereocenters. The molecule has 0 radical (unpaired) electrons. The second-order valence-electron chi connectivity index (χ2n) is 5.53. The number of hydrogen-bond donors (Lipinski definition) is 2. The average molecular weight is 342 g/mol. The molecule has 2 N–H and O–H groups in total. The first kappa shape index (κ1) is 17.5. The molecular weight excluding hydrogens is 321 g/mol. The fourth-order valence-electron chi connectivity index (χ4n) is 2.64. The van der Waals surface area contributed by atoms with E-state index in [-0.39, 0.29) is 30.3 Å². The topological polar surface area (TPSA) is 61.4 Å². The predicted molar refractivity (Wildman–Crippen MR) is 86.9 cm³/mol. The number of benzene rings is 1. The molecule has 0 bridgehead atoms. The molecule has 1 atom stereocenters. The highest BCUT2D eigenvalue weighted by atomic mass is 35.5. The van der Waals surface area contributed by atoms with E-state index in [2.05, 4.69) is 10.6 Å². The molecular formula is C16H21ClFN3O2. The Morgan fingerprint density at radius 2 is 2.22 bits per heavy atom. The number of carbonyl (C=O) groups excluding carboxylic acids is 2. The van der Waals surface area contributed by atoms with Gasteiger partial charge in [-0.3, -0.25) is 4.79 Å². The van der Waals surface area contributed by atoms with Crippen molar-refractivity contribution in [3.63, 3.8) is 0 Å². The molecule has 23 heavy (non-hydrogen) atoms. The Kier molecular flexibility index (Phi) is 6.21. The Labute approximate surface area is 140 Å². The molecule has 3 amide bonds. The van der Waals surface area contributed by atoms with E-state index in [1.807, 2.05) is 6.92 Å². The van der Waals surface area contributed by atoms with Crippen molar-refractivity contribution in [3.05, 3.63) is 34.6 Å². The van der Waals surface area contributed by atoms with E-state index in [9.17, 15) is 14.0 Å². The zero-order chi connectivity index (χ0) is 16.8. The van der Waals surface area contributed by atoms with E-state index in [0.29, 0.717) is 36.5 Å². The van der Waals surface area contributed by atoms with Crippen molar-refractivity contribution in [3.8, 4) is 0 Å². The molecule has 1 aliphatic heterocycles. The highest BCUT2D eigenvalue weighted by Gasteiger charge is 2.26. The maximum atomic E-state index is 13.6. The summed E-state index contributed by atoms with van der Waals surface area (Å²) in [7, 11) is 0. The fraction of sp³-hybridized carbons (Fsp3) is 0.500. The second-order valence-corrected chi connectivity index (χ2v) is 5.94. The summed E-state index contributed by atoms with van der Waals surface area (Å²) in [5.74, 6) is -0.270. The number of rotatable bonds is 5. The molecule has 7 heteroatoms. The van der Waals surface area contributed by atoms with Gasteiger partial charge in [0.15, 0.2) is 0 Å². The first-order chi connectivity index (χ1) is 11.0. The van der Waals surface area contributed by atoms with Gasteiger partial charge in [0.25, 0.3) is 0 Å². The van der Waals surface area contributed by atoms with E-state index in [1.54, 1.807) is 17.0 Å². The summed E-state index contributed by atoms with van der Waals surface area (Å²) in [4.78, 5) is 25.2. The van der Waals surface area contributed by atoms with Crippen molar-refractivity contribution in [1.82, 2.24) is 15.5 Å². The lowest BCUT2D eigenvalue weighted by Gasteiger charge is -2.16. The number of halogens is 2. The van der Waals surface area contributed by atoms with E-state index in [1.165, 1.54) is 6.07 Å². The van der Waals surface area contributed by atoms with Crippen molar-refractivity contribution in [2.75, 3.05) is 19.6 Å². The van der Waals surface area contributed by atoms with Gasteiger partial charge in [0.05, 0.1) is 0 Å². The summed E-state index contributed by atoms with van der Waals surface area (Å²) in [5.41, 5.74) is 0.398. The van der Waals surface area contributed by atoms with Gasteiger partial charge in [-0.1, -0.05) is 24.6 Å². The molecule has 5 nitrogen and oxygen atoms in total. The Morgan fingerprint density at radius 1 is 1.43 bits per heavy atom. The van der Waals surface area contributed by atoms with E-state index >= 15 is 0 Å². The highest BCUT2D eigenvalue weighted by Crippen LogP contribution is 2.19. The Morgan fingerprint density at radius 3 is 2.91 bits per heavy atom. The third-order valence-electron chi connectivity index (χ3n) is 3.90. The van der Waals surface area contributed by atoms with Gasteiger partial charge in [-0.2, -0.15) is 0 Å². The van der Waals surface area contributed by atoms with Gasteiger partial charge in [0.1, 0.15) is 5.82 Å². The summed E-state index contributed by atoms with van der Waals surface area (Å²) in [5, 5.41) is 5.88. The van der Waals surface area contributed by atoms with Crippen molar-refractivity contribution in [2.24, 2.45) is 0 Å². The van der Waals surface area contributed by atoms with E-state index in [4.69, 9.17) is 11.6 Å². The molecule has 1 aromatic carbocycles. The van der Waals surface area contributed by atoms with Crippen LogP contribution in [-0.2, 0) is 11.2 Å². The molecule has 1 heterocycles. The van der Waals surface area contributed by atoms with Gasteiger partial charge in [-0.05, 0) is 25.0 Å². The molecule has 1 aromatic rings. The molecule has 0 spiro atoms. The number of likely N-dealkylation sites (tertiary alicyclic amines) is 1. The highest BCUT2D eigenvalue weighted by molar-refractivity contribution is 6.31. The van der Waals surface area contributed by atoms with Gasteiger partial charge in [-0.25, -0.2) is 9.18 Å². The lowest BCUT2D eigenvalue weighted by molar-refractivity contribution is -0.129. The average Bonchev–Trinajstić information content (AvgIpc) is 2.98. The number of urea groups is 1. The Balaban J connectivity index is 1.73. The van der Waals surface area contributed by atoms with Crippen LogP contribution in [0, 0.1) is 5.82 Å². The van der Waals surface area contributed by atoms with Crippen LogP contribution in [0.1, 0.15) is 25.3 Å². The second kappa shape index (κ2) is 8.15. The van der Waals surface area contributed by atoms with Crippen LogP contribution in [0.25, 0.3) is 0 Å². The zero-order valence-electron chi connectivity index (χ0n) is 13.1. The molecule has 1 fully saturated rings. The van der Waals surface area contributed by atoms with E-state index < -0.39 is 0 Å². The summed E-state index contributed by atoms with van der Waals surface area (Å²) in [6.07, 6.45) is 1.55. The quantitative estimate of drug-likeness (QED) is 0.863. The monoisotopic (exact) mass is 341 g/mol. The smallest absolute Gasteiger partial charge is 0.315 e. The van der Waals surface area contributed by atoms with Crippen LogP contribution in [0.4, 0.5) is 9.18 Å². The van der Waals surface area contributed by atoms with Crippen LogP contribution in [0.3, 0.4) is 0 Å².